The van der Waals surface area contributed by atoms with E-state index in [1.54, 1.807) is 12.1 Å². The molecule has 5 heteroatoms. The molecule has 1 aliphatic rings. The Morgan fingerprint density at radius 3 is 3.06 bits per heavy atom. The van der Waals surface area contributed by atoms with E-state index in [2.05, 4.69) is 5.32 Å². The van der Waals surface area contributed by atoms with Crippen LogP contribution in [-0.2, 0) is 16.1 Å². The Hall–Kier alpha value is -1.26. The van der Waals surface area contributed by atoms with Crippen LogP contribution >= 0.6 is 11.6 Å². The molecule has 0 spiro atoms. The fourth-order valence-corrected chi connectivity index (χ4v) is 1.99. The van der Waals surface area contributed by atoms with Gasteiger partial charge in [0.05, 0.1) is 6.61 Å². The number of benzene rings is 1. The van der Waals surface area contributed by atoms with E-state index in [1.165, 1.54) is 0 Å². The number of hydrogen-bond donors (Lipinski definition) is 1. The van der Waals surface area contributed by atoms with Gasteiger partial charge in [-0.2, -0.15) is 0 Å². The molecule has 1 aromatic rings. The molecular weight excluding hydrogens is 254 g/mol. The second-order valence-corrected chi connectivity index (χ2v) is 4.53. The SMILES string of the molecule is CCNCc1cc(Cl)ccc1OC1CCOC1=O. The lowest BCUT2D eigenvalue weighted by Crippen LogP contribution is -2.23. The third-order valence-corrected chi connectivity index (χ3v) is 2.98. The molecule has 1 aromatic carbocycles. The molecule has 1 fully saturated rings. The Labute approximate surface area is 111 Å². The van der Waals surface area contributed by atoms with Gasteiger partial charge in [-0.3, -0.25) is 0 Å². The maximum Gasteiger partial charge on any atom is 0.347 e. The first kappa shape index (κ1) is 13.2. The molecule has 98 valence electrons. The molecule has 1 N–H and O–H groups in total. The topological polar surface area (TPSA) is 47.6 Å². The van der Waals surface area contributed by atoms with Gasteiger partial charge in [0.2, 0.25) is 0 Å². The highest BCUT2D eigenvalue weighted by atomic mass is 35.5. The number of carbonyl (C=O) groups excluding carboxylic acids is 1. The number of esters is 1. The Kier molecular flexibility index (Phi) is 4.44. The average Bonchev–Trinajstić information content (AvgIpc) is 2.75. The summed E-state index contributed by atoms with van der Waals surface area (Å²) in [4.78, 5) is 11.4. The fraction of sp³-hybridized carbons (Fsp3) is 0.462. The predicted octanol–water partition coefficient (Wildman–Crippen LogP) is 2.14. The van der Waals surface area contributed by atoms with Crippen LogP contribution in [0.15, 0.2) is 18.2 Å². The first-order valence-corrected chi connectivity index (χ1v) is 6.41. The van der Waals surface area contributed by atoms with Gasteiger partial charge in [-0.05, 0) is 24.7 Å². The lowest BCUT2D eigenvalue weighted by atomic mass is 10.2. The zero-order chi connectivity index (χ0) is 13.0. The molecule has 0 radical (unpaired) electrons. The van der Waals surface area contributed by atoms with Gasteiger partial charge in [0.1, 0.15) is 5.75 Å². The second kappa shape index (κ2) is 6.07. The van der Waals surface area contributed by atoms with Crippen molar-refractivity contribution >= 4 is 17.6 Å². The van der Waals surface area contributed by atoms with Crippen LogP contribution in [0.1, 0.15) is 18.9 Å². The molecule has 4 nitrogen and oxygen atoms in total. The molecule has 2 rings (SSSR count). The normalized spacial score (nSPS) is 18.8. The van der Waals surface area contributed by atoms with E-state index < -0.39 is 6.10 Å². The molecule has 1 saturated heterocycles. The third-order valence-electron chi connectivity index (χ3n) is 2.74. The van der Waals surface area contributed by atoms with Crippen molar-refractivity contribution in [2.75, 3.05) is 13.2 Å². The predicted molar refractivity (Wildman–Crippen MR) is 68.8 cm³/mol. The van der Waals surface area contributed by atoms with Gasteiger partial charge in [-0.1, -0.05) is 18.5 Å². The van der Waals surface area contributed by atoms with Crippen molar-refractivity contribution in [3.63, 3.8) is 0 Å². The van der Waals surface area contributed by atoms with Crippen molar-refractivity contribution < 1.29 is 14.3 Å². The van der Waals surface area contributed by atoms with Gasteiger partial charge >= 0.3 is 5.97 Å². The van der Waals surface area contributed by atoms with E-state index >= 15 is 0 Å². The van der Waals surface area contributed by atoms with Crippen molar-refractivity contribution in [2.45, 2.75) is 26.0 Å². The molecule has 18 heavy (non-hydrogen) atoms. The maximum atomic E-state index is 11.4. The van der Waals surface area contributed by atoms with Crippen LogP contribution in [0.4, 0.5) is 0 Å². The van der Waals surface area contributed by atoms with E-state index in [0.29, 0.717) is 30.3 Å². The summed E-state index contributed by atoms with van der Waals surface area (Å²) in [6.07, 6.45) is 0.105. The van der Waals surface area contributed by atoms with E-state index in [0.717, 1.165) is 12.1 Å². The summed E-state index contributed by atoms with van der Waals surface area (Å²) >= 11 is 5.97. The maximum absolute atomic E-state index is 11.4. The zero-order valence-corrected chi connectivity index (χ0v) is 11.0. The summed E-state index contributed by atoms with van der Waals surface area (Å²) < 4.78 is 10.6. The van der Waals surface area contributed by atoms with Gasteiger partial charge < -0.3 is 14.8 Å². The monoisotopic (exact) mass is 269 g/mol. The first-order chi connectivity index (χ1) is 8.70. The van der Waals surface area contributed by atoms with Gasteiger partial charge in [0.15, 0.2) is 6.10 Å². The van der Waals surface area contributed by atoms with Crippen LogP contribution in [-0.4, -0.2) is 25.2 Å². The van der Waals surface area contributed by atoms with E-state index in [4.69, 9.17) is 21.1 Å². The minimum atomic E-state index is -0.494. The minimum absolute atomic E-state index is 0.292. The molecule has 1 heterocycles. The molecule has 0 aliphatic carbocycles. The molecule has 0 aromatic heterocycles. The molecule has 0 saturated carbocycles. The molecule has 1 aliphatic heterocycles. The average molecular weight is 270 g/mol. The summed E-state index contributed by atoms with van der Waals surface area (Å²) in [6.45, 7) is 3.98. The number of carbonyl (C=O) groups is 1. The quantitative estimate of drug-likeness (QED) is 0.832. The van der Waals surface area contributed by atoms with Crippen molar-refractivity contribution in [3.05, 3.63) is 28.8 Å². The van der Waals surface area contributed by atoms with Crippen LogP contribution in [0.3, 0.4) is 0 Å². The van der Waals surface area contributed by atoms with Crippen molar-refractivity contribution in [2.24, 2.45) is 0 Å². The number of hydrogen-bond acceptors (Lipinski definition) is 4. The number of rotatable bonds is 5. The summed E-state index contributed by atoms with van der Waals surface area (Å²) in [5, 5.41) is 3.87. The highest BCUT2D eigenvalue weighted by Gasteiger charge is 2.28. The van der Waals surface area contributed by atoms with Crippen LogP contribution in [0.25, 0.3) is 0 Å². The number of cyclic esters (lactones) is 1. The van der Waals surface area contributed by atoms with Gasteiger partial charge in [-0.15, -0.1) is 0 Å². The Balaban J connectivity index is 2.12. The third kappa shape index (κ3) is 3.15. The van der Waals surface area contributed by atoms with Crippen LogP contribution in [0.2, 0.25) is 5.02 Å². The van der Waals surface area contributed by atoms with Crippen LogP contribution < -0.4 is 10.1 Å². The lowest BCUT2D eigenvalue weighted by molar-refractivity contribution is -0.143. The number of halogens is 1. The lowest BCUT2D eigenvalue weighted by Gasteiger charge is -2.14. The van der Waals surface area contributed by atoms with Crippen molar-refractivity contribution in [3.8, 4) is 5.75 Å². The smallest absolute Gasteiger partial charge is 0.347 e. The van der Waals surface area contributed by atoms with Gasteiger partial charge in [0.25, 0.3) is 0 Å². The highest BCUT2D eigenvalue weighted by Crippen LogP contribution is 2.25. The number of nitrogens with one attached hydrogen (secondary N) is 1. The summed E-state index contributed by atoms with van der Waals surface area (Å²) in [5.74, 6) is 0.392. The van der Waals surface area contributed by atoms with Gasteiger partial charge in [-0.25, -0.2) is 4.79 Å². The minimum Gasteiger partial charge on any atom is -0.478 e. The second-order valence-electron chi connectivity index (χ2n) is 4.10. The molecular formula is C13H16ClNO3. The first-order valence-electron chi connectivity index (χ1n) is 6.03. The molecule has 0 bridgehead atoms. The fourth-order valence-electron chi connectivity index (χ4n) is 1.80. The van der Waals surface area contributed by atoms with E-state index in [1.807, 2.05) is 13.0 Å². The highest BCUT2D eigenvalue weighted by molar-refractivity contribution is 6.30. The molecule has 1 unspecified atom stereocenters. The Morgan fingerprint density at radius 2 is 2.39 bits per heavy atom. The largest absolute Gasteiger partial charge is 0.478 e. The summed E-state index contributed by atoms with van der Waals surface area (Å²) in [5.41, 5.74) is 0.948. The zero-order valence-electron chi connectivity index (χ0n) is 10.2. The van der Waals surface area contributed by atoms with Gasteiger partial charge in [0, 0.05) is 23.6 Å². The van der Waals surface area contributed by atoms with Crippen molar-refractivity contribution in [1.82, 2.24) is 5.32 Å². The van der Waals surface area contributed by atoms with Crippen LogP contribution in [0, 0.1) is 0 Å². The Bertz CT molecular complexity index is 436. The standard InChI is InChI=1S/C13H16ClNO3/c1-2-15-8-9-7-10(14)3-4-11(9)18-12-5-6-17-13(12)16/h3-4,7,12,15H,2,5-6,8H2,1H3. The summed E-state index contributed by atoms with van der Waals surface area (Å²) in [6, 6.07) is 5.40. The van der Waals surface area contributed by atoms with Crippen LogP contribution in [0.5, 0.6) is 5.75 Å². The number of ether oxygens (including phenoxy) is 2. The molecule has 1 atom stereocenters. The molecule has 0 amide bonds. The van der Waals surface area contributed by atoms with E-state index in [-0.39, 0.29) is 5.97 Å². The van der Waals surface area contributed by atoms with Crippen molar-refractivity contribution in [1.29, 1.82) is 0 Å². The van der Waals surface area contributed by atoms with E-state index in [9.17, 15) is 4.79 Å². The Morgan fingerprint density at radius 1 is 1.56 bits per heavy atom. The summed E-state index contributed by atoms with van der Waals surface area (Å²) in [7, 11) is 0.